The van der Waals surface area contributed by atoms with Gasteiger partial charge in [0.15, 0.2) is 0 Å². The Kier molecular flexibility index (Phi) is 3.48. The number of benzene rings is 1. The number of amides is 1. The van der Waals surface area contributed by atoms with Crippen molar-refractivity contribution in [3.63, 3.8) is 0 Å². The second-order valence-corrected chi connectivity index (χ2v) is 2.91. The van der Waals surface area contributed by atoms with Crippen LogP contribution in [0.25, 0.3) is 0 Å². The van der Waals surface area contributed by atoms with Crippen molar-refractivity contribution < 1.29 is 9.53 Å². The van der Waals surface area contributed by atoms with Crippen LogP contribution < -0.4 is 15.6 Å². The van der Waals surface area contributed by atoms with E-state index in [1.54, 1.807) is 26.3 Å². The number of methoxy groups -OCH3 is 1. The second-order valence-electron chi connectivity index (χ2n) is 2.91. The molecule has 0 aliphatic heterocycles. The molecule has 76 valence electrons. The van der Waals surface area contributed by atoms with E-state index < -0.39 is 0 Å². The van der Waals surface area contributed by atoms with E-state index in [0.717, 1.165) is 5.56 Å². The molecule has 0 aromatic heterocycles. The molecular formula is C10H14N2O2. The number of rotatable bonds is 3. The molecule has 0 heterocycles. The third-order valence-corrected chi connectivity index (χ3v) is 1.84. The highest BCUT2D eigenvalue weighted by Gasteiger charge is 2.10. The number of carbonyl (C=O) groups is 1. The van der Waals surface area contributed by atoms with E-state index in [0.29, 0.717) is 11.3 Å². The molecule has 0 saturated heterocycles. The van der Waals surface area contributed by atoms with Crippen molar-refractivity contribution in [1.29, 1.82) is 0 Å². The molecule has 2 N–H and O–H groups in total. The highest BCUT2D eigenvalue weighted by molar-refractivity contribution is 5.96. The fraction of sp³-hybridized carbons (Fsp3) is 0.300. The van der Waals surface area contributed by atoms with Crippen LogP contribution >= 0.6 is 0 Å². The van der Waals surface area contributed by atoms with Gasteiger partial charge in [-0.15, -0.1) is 0 Å². The minimum Gasteiger partial charge on any atom is -0.496 e. The molecule has 0 unspecified atom stereocenters. The van der Waals surface area contributed by atoms with Gasteiger partial charge in [0.05, 0.1) is 12.7 Å². The van der Waals surface area contributed by atoms with Crippen LogP contribution in [0.5, 0.6) is 5.75 Å². The summed E-state index contributed by atoms with van der Waals surface area (Å²) in [6, 6.07) is 5.46. The first-order valence-electron chi connectivity index (χ1n) is 4.30. The number of hydrogen-bond donors (Lipinski definition) is 2. The van der Waals surface area contributed by atoms with E-state index in [9.17, 15) is 4.79 Å². The topological polar surface area (TPSA) is 50.4 Å². The van der Waals surface area contributed by atoms with Crippen LogP contribution in [-0.2, 0) is 0 Å². The quantitative estimate of drug-likeness (QED) is 0.702. The Hall–Kier alpha value is -1.55. The zero-order chi connectivity index (χ0) is 10.6. The van der Waals surface area contributed by atoms with Gasteiger partial charge in [-0.3, -0.25) is 10.2 Å². The van der Waals surface area contributed by atoms with Crippen LogP contribution in [0.1, 0.15) is 15.9 Å². The highest BCUT2D eigenvalue weighted by atomic mass is 16.5. The molecule has 4 nitrogen and oxygen atoms in total. The Morgan fingerprint density at radius 3 is 2.71 bits per heavy atom. The molecule has 14 heavy (non-hydrogen) atoms. The zero-order valence-corrected chi connectivity index (χ0v) is 8.55. The van der Waals surface area contributed by atoms with Crippen LogP contribution in [0, 0.1) is 6.92 Å². The molecule has 0 spiro atoms. The highest BCUT2D eigenvalue weighted by Crippen LogP contribution is 2.18. The van der Waals surface area contributed by atoms with Crippen LogP contribution in [0.2, 0.25) is 0 Å². The maximum absolute atomic E-state index is 11.5. The van der Waals surface area contributed by atoms with E-state index in [1.165, 1.54) is 0 Å². The average molecular weight is 194 g/mol. The summed E-state index contributed by atoms with van der Waals surface area (Å²) in [6.07, 6.45) is 0. The van der Waals surface area contributed by atoms with E-state index in [2.05, 4.69) is 10.9 Å². The van der Waals surface area contributed by atoms with Crippen LogP contribution in [0.4, 0.5) is 0 Å². The Bertz CT molecular complexity index is 337. The number of aryl methyl sites for hydroxylation is 1. The van der Waals surface area contributed by atoms with Crippen LogP contribution in [0.3, 0.4) is 0 Å². The third kappa shape index (κ3) is 2.23. The minimum absolute atomic E-state index is 0.201. The van der Waals surface area contributed by atoms with Gasteiger partial charge in [0, 0.05) is 7.05 Å². The fourth-order valence-electron chi connectivity index (χ4n) is 1.18. The Balaban J connectivity index is 3.03. The largest absolute Gasteiger partial charge is 0.496 e. The molecule has 1 aromatic rings. The molecule has 0 bridgehead atoms. The lowest BCUT2D eigenvalue weighted by Crippen LogP contribution is -2.34. The number of nitrogens with one attached hydrogen (secondary N) is 2. The molecular weight excluding hydrogens is 180 g/mol. The standard InChI is InChI=1S/C10H14N2O2/c1-7-4-5-9(14-3)8(6-7)10(13)12-11-2/h4-6,11H,1-3H3,(H,12,13). The van der Waals surface area contributed by atoms with E-state index >= 15 is 0 Å². The lowest BCUT2D eigenvalue weighted by Gasteiger charge is -2.08. The predicted molar refractivity (Wildman–Crippen MR) is 54.3 cm³/mol. The first-order valence-corrected chi connectivity index (χ1v) is 4.30. The predicted octanol–water partition coefficient (Wildman–Crippen LogP) is 0.868. The van der Waals surface area contributed by atoms with Crippen molar-refractivity contribution in [3.8, 4) is 5.75 Å². The molecule has 0 radical (unpaired) electrons. The van der Waals surface area contributed by atoms with Crippen molar-refractivity contribution in [2.75, 3.05) is 14.2 Å². The number of hydrogen-bond acceptors (Lipinski definition) is 3. The fourth-order valence-corrected chi connectivity index (χ4v) is 1.18. The minimum atomic E-state index is -0.201. The molecule has 1 aromatic carbocycles. The second kappa shape index (κ2) is 4.62. The SMILES string of the molecule is CNNC(=O)c1cc(C)ccc1OC. The van der Waals surface area contributed by atoms with Crippen molar-refractivity contribution in [2.45, 2.75) is 6.92 Å². The summed E-state index contributed by atoms with van der Waals surface area (Å²) >= 11 is 0. The molecule has 1 amide bonds. The molecule has 0 aliphatic rings. The van der Waals surface area contributed by atoms with Crippen LogP contribution in [-0.4, -0.2) is 20.1 Å². The van der Waals surface area contributed by atoms with Crippen LogP contribution in [0.15, 0.2) is 18.2 Å². The van der Waals surface area contributed by atoms with Gasteiger partial charge in [0.1, 0.15) is 5.75 Å². The third-order valence-electron chi connectivity index (χ3n) is 1.84. The number of ether oxygens (including phenoxy) is 1. The van der Waals surface area contributed by atoms with Gasteiger partial charge in [0.25, 0.3) is 5.91 Å². The smallest absolute Gasteiger partial charge is 0.269 e. The maximum atomic E-state index is 11.5. The average Bonchev–Trinajstić information content (AvgIpc) is 2.18. The number of carbonyl (C=O) groups excluding carboxylic acids is 1. The van der Waals surface area contributed by atoms with Gasteiger partial charge >= 0.3 is 0 Å². The summed E-state index contributed by atoms with van der Waals surface area (Å²) in [6.45, 7) is 1.93. The Morgan fingerprint density at radius 1 is 1.43 bits per heavy atom. The van der Waals surface area contributed by atoms with E-state index in [1.807, 2.05) is 13.0 Å². The van der Waals surface area contributed by atoms with Gasteiger partial charge in [-0.25, -0.2) is 5.43 Å². The van der Waals surface area contributed by atoms with E-state index in [4.69, 9.17) is 4.74 Å². The van der Waals surface area contributed by atoms with Gasteiger partial charge in [-0.1, -0.05) is 11.6 Å². The first-order chi connectivity index (χ1) is 6.69. The molecule has 0 saturated carbocycles. The summed E-state index contributed by atoms with van der Waals surface area (Å²) in [5.74, 6) is 0.372. The van der Waals surface area contributed by atoms with Crippen molar-refractivity contribution in [2.24, 2.45) is 0 Å². The monoisotopic (exact) mass is 194 g/mol. The summed E-state index contributed by atoms with van der Waals surface area (Å²) in [5, 5.41) is 0. The van der Waals surface area contributed by atoms with Gasteiger partial charge < -0.3 is 4.74 Å². The lowest BCUT2D eigenvalue weighted by atomic mass is 10.1. The first kappa shape index (κ1) is 10.5. The van der Waals surface area contributed by atoms with Crippen molar-refractivity contribution >= 4 is 5.91 Å². The summed E-state index contributed by atoms with van der Waals surface area (Å²) in [7, 11) is 3.18. The maximum Gasteiger partial charge on any atom is 0.269 e. The van der Waals surface area contributed by atoms with Gasteiger partial charge in [-0.05, 0) is 19.1 Å². The van der Waals surface area contributed by atoms with Crippen molar-refractivity contribution in [3.05, 3.63) is 29.3 Å². The molecule has 0 aliphatic carbocycles. The van der Waals surface area contributed by atoms with E-state index in [-0.39, 0.29) is 5.91 Å². The Morgan fingerprint density at radius 2 is 2.14 bits per heavy atom. The van der Waals surface area contributed by atoms with Gasteiger partial charge in [-0.2, -0.15) is 0 Å². The molecule has 1 rings (SSSR count). The number of hydrazine groups is 1. The zero-order valence-electron chi connectivity index (χ0n) is 8.55. The summed E-state index contributed by atoms with van der Waals surface area (Å²) in [4.78, 5) is 11.5. The summed E-state index contributed by atoms with van der Waals surface area (Å²) < 4.78 is 5.08. The molecule has 0 atom stereocenters. The normalized spacial score (nSPS) is 9.64. The molecule has 0 fully saturated rings. The van der Waals surface area contributed by atoms with Gasteiger partial charge in [0.2, 0.25) is 0 Å². The Labute approximate surface area is 83.2 Å². The lowest BCUT2D eigenvalue weighted by molar-refractivity contribution is 0.0935. The summed E-state index contributed by atoms with van der Waals surface area (Å²) in [5.41, 5.74) is 6.63. The molecule has 4 heteroatoms. The van der Waals surface area contributed by atoms with Crippen molar-refractivity contribution in [1.82, 2.24) is 10.9 Å².